The summed E-state index contributed by atoms with van der Waals surface area (Å²) in [6.07, 6.45) is 6.62. The van der Waals surface area contributed by atoms with E-state index < -0.39 is 0 Å². The highest BCUT2D eigenvalue weighted by atomic mass is 16.5. The molecule has 2 aliphatic rings. The number of benzene rings is 1. The summed E-state index contributed by atoms with van der Waals surface area (Å²) in [7, 11) is 0. The zero-order valence-electron chi connectivity index (χ0n) is 10.5. The summed E-state index contributed by atoms with van der Waals surface area (Å²) in [6, 6.07) is 10.2. The van der Waals surface area contributed by atoms with Crippen molar-refractivity contribution in [3.8, 4) is 0 Å². The van der Waals surface area contributed by atoms with Crippen molar-refractivity contribution in [3.63, 3.8) is 0 Å². The predicted octanol–water partition coefficient (Wildman–Crippen LogP) is 3.37. The summed E-state index contributed by atoms with van der Waals surface area (Å²) < 4.78 is 5.32. The number of ether oxygens (including phenoxy) is 1. The van der Waals surface area contributed by atoms with Gasteiger partial charge in [0.25, 0.3) is 0 Å². The minimum absolute atomic E-state index is 0.256. The molecule has 3 rings (SSSR count). The molecule has 18 heavy (non-hydrogen) atoms. The lowest BCUT2D eigenvalue weighted by atomic mass is 9.60. The molecule has 1 aromatic carbocycles. The molecule has 0 N–H and O–H groups in total. The standard InChI is InChI=1S/C16H18O2/c17-15(13-6-4-11-18-12-13)16(9-5-10-16)14-7-2-1-3-8-14/h1-3,7-8,12H,4-6,9-11H2. The molecule has 1 aromatic rings. The number of ketones is 1. The second kappa shape index (κ2) is 4.60. The van der Waals surface area contributed by atoms with Crippen LogP contribution >= 0.6 is 0 Å². The topological polar surface area (TPSA) is 26.3 Å². The van der Waals surface area contributed by atoms with Gasteiger partial charge in [-0.25, -0.2) is 0 Å². The maximum Gasteiger partial charge on any atom is 0.172 e. The first-order valence-electron chi connectivity index (χ1n) is 6.74. The van der Waals surface area contributed by atoms with Crippen molar-refractivity contribution in [1.82, 2.24) is 0 Å². The lowest BCUT2D eigenvalue weighted by molar-refractivity contribution is -0.124. The quantitative estimate of drug-likeness (QED) is 0.812. The molecule has 0 radical (unpaired) electrons. The lowest BCUT2D eigenvalue weighted by Gasteiger charge is -2.41. The summed E-state index contributed by atoms with van der Waals surface area (Å²) in [6.45, 7) is 0.745. The van der Waals surface area contributed by atoms with Crippen LogP contribution in [0.15, 0.2) is 42.2 Å². The fraction of sp³-hybridized carbons (Fsp3) is 0.438. The zero-order chi connectivity index (χ0) is 12.4. The molecule has 94 valence electrons. The SMILES string of the molecule is O=C(C1=COCCC1)C1(c2ccccc2)CCC1. The van der Waals surface area contributed by atoms with E-state index in [1.807, 2.05) is 18.2 Å². The largest absolute Gasteiger partial charge is 0.501 e. The van der Waals surface area contributed by atoms with Crippen molar-refractivity contribution >= 4 is 5.78 Å². The Morgan fingerprint density at radius 2 is 1.89 bits per heavy atom. The van der Waals surface area contributed by atoms with Crippen molar-refractivity contribution in [1.29, 1.82) is 0 Å². The van der Waals surface area contributed by atoms with E-state index in [1.54, 1.807) is 6.26 Å². The fourth-order valence-electron chi connectivity index (χ4n) is 2.97. The van der Waals surface area contributed by atoms with Crippen molar-refractivity contribution in [3.05, 3.63) is 47.7 Å². The van der Waals surface area contributed by atoms with Crippen molar-refractivity contribution in [2.45, 2.75) is 37.5 Å². The third-order valence-electron chi connectivity index (χ3n) is 4.19. The van der Waals surface area contributed by atoms with Crippen LogP contribution in [0.25, 0.3) is 0 Å². The monoisotopic (exact) mass is 242 g/mol. The molecule has 1 heterocycles. The average molecular weight is 242 g/mol. The Bertz CT molecular complexity index is 469. The van der Waals surface area contributed by atoms with E-state index in [4.69, 9.17) is 4.74 Å². The van der Waals surface area contributed by atoms with E-state index in [2.05, 4.69) is 12.1 Å². The third kappa shape index (κ3) is 1.76. The highest BCUT2D eigenvalue weighted by molar-refractivity contribution is 6.04. The van der Waals surface area contributed by atoms with Crippen LogP contribution in [0.5, 0.6) is 0 Å². The Morgan fingerprint density at radius 3 is 2.44 bits per heavy atom. The van der Waals surface area contributed by atoms with Crippen LogP contribution in [0.1, 0.15) is 37.7 Å². The predicted molar refractivity (Wildman–Crippen MR) is 70.2 cm³/mol. The maximum absolute atomic E-state index is 12.8. The molecule has 0 atom stereocenters. The summed E-state index contributed by atoms with van der Waals surface area (Å²) in [5, 5.41) is 0. The van der Waals surface area contributed by atoms with Gasteiger partial charge in [0.2, 0.25) is 0 Å². The minimum Gasteiger partial charge on any atom is -0.501 e. The number of rotatable bonds is 3. The molecule has 1 aliphatic heterocycles. The molecular formula is C16H18O2. The Balaban J connectivity index is 1.92. The first kappa shape index (κ1) is 11.5. The third-order valence-corrected chi connectivity index (χ3v) is 4.19. The average Bonchev–Trinajstić information content (AvgIpc) is 2.40. The van der Waals surface area contributed by atoms with E-state index in [9.17, 15) is 4.79 Å². The number of Topliss-reactive ketones (excluding diaryl/α,β-unsaturated/α-hetero) is 1. The molecule has 0 aromatic heterocycles. The highest BCUT2D eigenvalue weighted by Crippen LogP contribution is 2.46. The molecule has 1 saturated carbocycles. The number of carbonyl (C=O) groups excluding carboxylic acids is 1. The van der Waals surface area contributed by atoms with Gasteiger partial charge < -0.3 is 4.74 Å². The van der Waals surface area contributed by atoms with Crippen LogP contribution in [0.2, 0.25) is 0 Å². The molecule has 2 heteroatoms. The van der Waals surface area contributed by atoms with Crippen LogP contribution in [0.4, 0.5) is 0 Å². The van der Waals surface area contributed by atoms with Crippen molar-refractivity contribution in [2.24, 2.45) is 0 Å². The van der Waals surface area contributed by atoms with Crippen LogP contribution in [0, 0.1) is 0 Å². The molecule has 0 bridgehead atoms. The molecule has 0 unspecified atom stereocenters. The molecule has 1 fully saturated rings. The Hall–Kier alpha value is -1.57. The van der Waals surface area contributed by atoms with Gasteiger partial charge in [0.05, 0.1) is 18.3 Å². The number of hydrogen-bond donors (Lipinski definition) is 0. The van der Waals surface area contributed by atoms with Crippen LogP contribution in [0.3, 0.4) is 0 Å². The van der Waals surface area contributed by atoms with Gasteiger partial charge in [0, 0.05) is 5.57 Å². The molecular weight excluding hydrogens is 224 g/mol. The zero-order valence-corrected chi connectivity index (χ0v) is 10.5. The van der Waals surface area contributed by atoms with E-state index >= 15 is 0 Å². The molecule has 1 aliphatic carbocycles. The number of carbonyl (C=O) groups is 1. The molecule has 0 amide bonds. The molecule has 0 saturated heterocycles. The van der Waals surface area contributed by atoms with Crippen LogP contribution in [-0.4, -0.2) is 12.4 Å². The first-order valence-corrected chi connectivity index (χ1v) is 6.74. The van der Waals surface area contributed by atoms with Gasteiger partial charge in [-0.2, -0.15) is 0 Å². The minimum atomic E-state index is -0.256. The summed E-state index contributed by atoms with van der Waals surface area (Å²) >= 11 is 0. The first-order chi connectivity index (χ1) is 8.83. The Labute approximate surface area is 108 Å². The van der Waals surface area contributed by atoms with Gasteiger partial charge in [-0.3, -0.25) is 4.79 Å². The summed E-state index contributed by atoms with van der Waals surface area (Å²) in [5.41, 5.74) is 1.80. The Morgan fingerprint density at radius 1 is 1.11 bits per heavy atom. The van der Waals surface area contributed by atoms with Gasteiger partial charge in [-0.05, 0) is 31.2 Å². The summed E-state index contributed by atoms with van der Waals surface area (Å²) in [5.74, 6) is 0.291. The lowest BCUT2D eigenvalue weighted by Crippen LogP contribution is -2.43. The fourth-order valence-corrected chi connectivity index (χ4v) is 2.97. The van der Waals surface area contributed by atoms with Gasteiger partial charge in [0.15, 0.2) is 5.78 Å². The van der Waals surface area contributed by atoms with Crippen molar-refractivity contribution in [2.75, 3.05) is 6.61 Å². The normalized spacial score (nSPS) is 21.4. The van der Waals surface area contributed by atoms with Crippen LogP contribution in [-0.2, 0) is 14.9 Å². The number of hydrogen-bond acceptors (Lipinski definition) is 2. The second-order valence-electron chi connectivity index (χ2n) is 5.25. The van der Waals surface area contributed by atoms with Gasteiger partial charge >= 0.3 is 0 Å². The van der Waals surface area contributed by atoms with E-state index in [1.165, 1.54) is 5.56 Å². The number of allylic oxidation sites excluding steroid dienone is 1. The van der Waals surface area contributed by atoms with Gasteiger partial charge in [-0.15, -0.1) is 0 Å². The second-order valence-corrected chi connectivity index (χ2v) is 5.25. The van der Waals surface area contributed by atoms with Gasteiger partial charge in [0.1, 0.15) is 0 Å². The molecule has 0 spiro atoms. The van der Waals surface area contributed by atoms with E-state index in [0.29, 0.717) is 5.78 Å². The van der Waals surface area contributed by atoms with Gasteiger partial charge in [-0.1, -0.05) is 36.8 Å². The van der Waals surface area contributed by atoms with Crippen molar-refractivity contribution < 1.29 is 9.53 Å². The van der Waals surface area contributed by atoms with Crippen LogP contribution < -0.4 is 0 Å². The smallest absolute Gasteiger partial charge is 0.172 e. The highest BCUT2D eigenvalue weighted by Gasteiger charge is 2.46. The van der Waals surface area contributed by atoms with E-state index in [-0.39, 0.29) is 5.41 Å². The maximum atomic E-state index is 12.8. The molecule has 2 nitrogen and oxygen atoms in total. The van der Waals surface area contributed by atoms with E-state index in [0.717, 1.165) is 44.3 Å². The summed E-state index contributed by atoms with van der Waals surface area (Å²) in [4.78, 5) is 12.8. The Kier molecular flexibility index (Phi) is 2.94.